The van der Waals surface area contributed by atoms with Crippen molar-refractivity contribution in [1.29, 1.82) is 0 Å². The Hall–Kier alpha value is -1.13. The van der Waals surface area contributed by atoms with Crippen molar-refractivity contribution in [3.05, 3.63) is 23.9 Å². The highest BCUT2D eigenvalue weighted by Crippen LogP contribution is 2.23. The van der Waals surface area contributed by atoms with E-state index in [1.54, 1.807) is 0 Å². The summed E-state index contributed by atoms with van der Waals surface area (Å²) < 4.78 is 5.61. The first-order chi connectivity index (χ1) is 8.63. The van der Waals surface area contributed by atoms with Gasteiger partial charge in [-0.15, -0.1) is 0 Å². The minimum atomic E-state index is 0.285. The number of hydrogen-bond donors (Lipinski definition) is 1. The van der Waals surface area contributed by atoms with E-state index in [9.17, 15) is 0 Å². The van der Waals surface area contributed by atoms with Gasteiger partial charge in [0, 0.05) is 25.9 Å². The van der Waals surface area contributed by atoms with Gasteiger partial charge in [0.15, 0.2) is 0 Å². The van der Waals surface area contributed by atoms with Gasteiger partial charge in [-0.3, -0.25) is 0 Å². The molecule has 0 spiro atoms. The minimum absolute atomic E-state index is 0.285. The largest absolute Gasteiger partial charge is 0.376 e. The predicted molar refractivity (Wildman–Crippen MR) is 73.9 cm³/mol. The summed E-state index contributed by atoms with van der Waals surface area (Å²) in [5.41, 5.74) is 1.21. The van der Waals surface area contributed by atoms with Gasteiger partial charge in [-0.05, 0) is 38.9 Å². The van der Waals surface area contributed by atoms with Crippen LogP contribution in [0.5, 0.6) is 0 Å². The fourth-order valence-corrected chi connectivity index (χ4v) is 2.43. The molecular weight excluding hydrogens is 226 g/mol. The Morgan fingerprint density at radius 2 is 2.28 bits per heavy atom. The van der Waals surface area contributed by atoms with Gasteiger partial charge in [-0.1, -0.05) is 6.07 Å². The van der Waals surface area contributed by atoms with Gasteiger partial charge in [0.2, 0.25) is 0 Å². The summed E-state index contributed by atoms with van der Waals surface area (Å²) in [6, 6.07) is 5.00. The number of ether oxygens (including phenoxy) is 1. The van der Waals surface area contributed by atoms with E-state index in [0.29, 0.717) is 12.1 Å². The molecule has 100 valence electrons. The van der Waals surface area contributed by atoms with Crippen molar-refractivity contribution in [3.8, 4) is 0 Å². The average molecular weight is 249 g/mol. The van der Waals surface area contributed by atoms with Crippen molar-refractivity contribution in [2.24, 2.45) is 0 Å². The average Bonchev–Trinajstić information content (AvgIpc) is 2.83. The standard InChI is InChI=1S/C14H23N3O/c1-10(15-3)12-5-6-14(16-9-12)17(4)13-7-8-18-11(13)2/h5-6,9-11,13,15H,7-8H2,1-4H3. The lowest BCUT2D eigenvalue weighted by Crippen LogP contribution is -2.37. The Labute approximate surface area is 109 Å². The summed E-state index contributed by atoms with van der Waals surface area (Å²) in [6.45, 7) is 5.12. The molecule has 4 nitrogen and oxygen atoms in total. The number of hydrogen-bond acceptors (Lipinski definition) is 4. The van der Waals surface area contributed by atoms with Gasteiger partial charge in [-0.25, -0.2) is 4.98 Å². The van der Waals surface area contributed by atoms with Crippen LogP contribution in [0.4, 0.5) is 5.82 Å². The molecule has 1 aliphatic rings. The highest BCUT2D eigenvalue weighted by atomic mass is 16.5. The van der Waals surface area contributed by atoms with Crippen molar-refractivity contribution in [3.63, 3.8) is 0 Å². The Morgan fingerprint density at radius 1 is 1.50 bits per heavy atom. The molecule has 1 aliphatic heterocycles. The molecule has 0 bridgehead atoms. The SMILES string of the molecule is CNC(C)c1ccc(N(C)C2CCOC2C)nc1. The third-order valence-corrected chi connectivity index (χ3v) is 3.90. The van der Waals surface area contributed by atoms with Gasteiger partial charge in [0.05, 0.1) is 12.1 Å². The fourth-order valence-electron chi connectivity index (χ4n) is 2.43. The van der Waals surface area contributed by atoms with Crippen LogP contribution in [0.25, 0.3) is 0 Å². The summed E-state index contributed by atoms with van der Waals surface area (Å²) in [5.74, 6) is 1.02. The normalized spacial score (nSPS) is 25.1. The zero-order valence-corrected chi connectivity index (χ0v) is 11.7. The molecule has 1 aromatic heterocycles. The van der Waals surface area contributed by atoms with Gasteiger partial charge in [0.1, 0.15) is 5.82 Å². The first-order valence-corrected chi connectivity index (χ1v) is 6.61. The van der Waals surface area contributed by atoms with E-state index in [4.69, 9.17) is 4.74 Å². The maximum atomic E-state index is 5.61. The molecule has 0 aromatic carbocycles. The summed E-state index contributed by atoms with van der Waals surface area (Å²) in [7, 11) is 4.06. The lowest BCUT2D eigenvalue weighted by molar-refractivity contribution is 0.118. The van der Waals surface area contributed by atoms with Gasteiger partial charge < -0.3 is 15.0 Å². The van der Waals surface area contributed by atoms with Crippen LogP contribution >= 0.6 is 0 Å². The smallest absolute Gasteiger partial charge is 0.128 e. The molecule has 0 aliphatic carbocycles. The molecule has 1 N–H and O–H groups in total. The highest BCUT2D eigenvalue weighted by Gasteiger charge is 2.28. The van der Waals surface area contributed by atoms with E-state index < -0.39 is 0 Å². The third-order valence-electron chi connectivity index (χ3n) is 3.90. The molecular formula is C14H23N3O. The maximum Gasteiger partial charge on any atom is 0.128 e. The molecule has 2 rings (SSSR count). The summed E-state index contributed by atoms with van der Waals surface area (Å²) in [6.07, 6.45) is 3.31. The first-order valence-electron chi connectivity index (χ1n) is 6.61. The quantitative estimate of drug-likeness (QED) is 0.885. The van der Waals surface area contributed by atoms with Crippen molar-refractivity contribution < 1.29 is 4.74 Å². The van der Waals surface area contributed by atoms with Crippen LogP contribution < -0.4 is 10.2 Å². The summed E-state index contributed by atoms with van der Waals surface area (Å²) in [4.78, 5) is 6.78. The molecule has 1 fully saturated rings. The Kier molecular flexibility index (Phi) is 4.19. The summed E-state index contributed by atoms with van der Waals surface area (Å²) in [5, 5.41) is 3.22. The van der Waals surface area contributed by atoms with Crippen molar-refractivity contribution in [2.75, 3.05) is 25.6 Å². The molecule has 18 heavy (non-hydrogen) atoms. The number of rotatable bonds is 4. The molecule has 2 heterocycles. The Bertz CT molecular complexity index is 379. The van der Waals surface area contributed by atoms with Gasteiger partial charge in [0.25, 0.3) is 0 Å². The number of pyridine rings is 1. The fraction of sp³-hybridized carbons (Fsp3) is 0.643. The zero-order chi connectivity index (χ0) is 13.1. The lowest BCUT2D eigenvalue weighted by Gasteiger charge is -2.28. The van der Waals surface area contributed by atoms with E-state index in [1.165, 1.54) is 5.56 Å². The van der Waals surface area contributed by atoms with Gasteiger partial charge >= 0.3 is 0 Å². The molecule has 3 unspecified atom stereocenters. The van der Waals surface area contributed by atoms with Crippen molar-refractivity contribution in [2.45, 2.75) is 38.5 Å². The molecule has 0 saturated carbocycles. The van der Waals surface area contributed by atoms with Crippen LogP contribution in [0.15, 0.2) is 18.3 Å². The monoisotopic (exact) mass is 249 g/mol. The second-order valence-electron chi connectivity index (χ2n) is 5.00. The number of likely N-dealkylation sites (N-methyl/N-ethyl adjacent to an activating group) is 1. The number of anilines is 1. The van der Waals surface area contributed by atoms with Crippen LogP contribution in [-0.4, -0.2) is 37.8 Å². The van der Waals surface area contributed by atoms with E-state index >= 15 is 0 Å². The predicted octanol–water partition coefficient (Wildman–Crippen LogP) is 1.98. The molecule has 1 saturated heterocycles. The summed E-state index contributed by atoms with van der Waals surface area (Å²) >= 11 is 0. The molecule has 1 aromatic rings. The minimum Gasteiger partial charge on any atom is -0.376 e. The highest BCUT2D eigenvalue weighted by molar-refractivity contribution is 5.40. The van der Waals surface area contributed by atoms with E-state index in [2.05, 4.69) is 48.2 Å². The van der Waals surface area contributed by atoms with Crippen LogP contribution in [0.3, 0.4) is 0 Å². The second-order valence-corrected chi connectivity index (χ2v) is 5.00. The van der Waals surface area contributed by atoms with Crippen LogP contribution in [0.1, 0.15) is 31.9 Å². The zero-order valence-electron chi connectivity index (χ0n) is 11.7. The first kappa shape index (κ1) is 13.3. The van der Waals surface area contributed by atoms with Crippen molar-refractivity contribution >= 4 is 5.82 Å². The molecule has 0 amide bonds. The van der Waals surface area contributed by atoms with Crippen molar-refractivity contribution in [1.82, 2.24) is 10.3 Å². The second kappa shape index (κ2) is 5.67. The Morgan fingerprint density at radius 3 is 2.78 bits per heavy atom. The molecule has 0 radical (unpaired) electrons. The van der Waals surface area contributed by atoms with Crippen LogP contribution in [0.2, 0.25) is 0 Å². The lowest BCUT2D eigenvalue weighted by atomic mass is 10.1. The maximum absolute atomic E-state index is 5.61. The van der Waals surface area contributed by atoms with E-state index in [0.717, 1.165) is 18.8 Å². The topological polar surface area (TPSA) is 37.4 Å². The Balaban J connectivity index is 2.09. The molecule has 3 atom stereocenters. The van der Waals surface area contributed by atoms with Crippen LogP contribution in [0, 0.1) is 0 Å². The molecule has 4 heteroatoms. The van der Waals surface area contributed by atoms with E-state index in [-0.39, 0.29) is 6.10 Å². The van der Waals surface area contributed by atoms with Gasteiger partial charge in [-0.2, -0.15) is 0 Å². The number of nitrogens with one attached hydrogen (secondary N) is 1. The van der Waals surface area contributed by atoms with E-state index in [1.807, 2.05) is 13.2 Å². The van der Waals surface area contributed by atoms with Crippen LogP contribution in [-0.2, 0) is 4.74 Å². The third kappa shape index (κ3) is 2.65. The number of aromatic nitrogens is 1. The number of nitrogens with zero attached hydrogens (tertiary/aromatic N) is 2.